The van der Waals surface area contributed by atoms with E-state index in [0.29, 0.717) is 0 Å². The Balaban J connectivity index is 2.26. The summed E-state index contributed by atoms with van der Waals surface area (Å²) < 4.78 is 0. The minimum absolute atomic E-state index is 0.0162. The van der Waals surface area contributed by atoms with E-state index in [1.54, 1.807) is 4.90 Å². The molecule has 0 radical (unpaired) electrons. The lowest BCUT2D eigenvalue weighted by molar-refractivity contribution is -0.133. The number of ketones is 1. The summed E-state index contributed by atoms with van der Waals surface area (Å²) in [4.78, 5) is 23.2. The Hall–Kier alpha value is -0.860. The minimum atomic E-state index is -0.0162. The van der Waals surface area contributed by atoms with E-state index < -0.39 is 0 Å². The molecule has 0 aromatic rings. The van der Waals surface area contributed by atoms with E-state index in [4.69, 9.17) is 0 Å². The molecule has 9 heavy (non-hydrogen) atoms. The smallest absolute Gasteiger partial charge is 0.230 e. The van der Waals surface area contributed by atoms with Gasteiger partial charge in [0.1, 0.15) is 0 Å². The SMILES string of the molecule is O=C1CC(=O)N2CCC12. The highest BCUT2D eigenvalue weighted by atomic mass is 16.2. The molecule has 0 saturated carbocycles. The van der Waals surface area contributed by atoms with Crippen molar-refractivity contribution < 1.29 is 9.59 Å². The summed E-state index contributed by atoms with van der Waals surface area (Å²) in [6.45, 7) is 0.801. The first-order chi connectivity index (χ1) is 4.29. The third-order valence-electron chi connectivity index (χ3n) is 2.04. The molecule has 0 N–H and O–H groups in total. The maximum Gasteiger partial charge on any atom is 0.230 e. The number of carbonyl (C=O) groups excluding carboxylic acids is 2. The molecule has 1 atom stereocenters. The lowest BCUT2D eigenvalue weighted by atomic mass is 10.0. The number of amides is 1. The van der Waals surface area contributed by atoms with Gasteiger partial charge in [0.2, 0.25) is 5.91 Å². The van der Waals surface area contributed by atoms with Crippen LogP contribution in [0.4, 0.5) is 0 Å². The normalized spacial score (nSPS) is 32.4. The molecule has 0 spiro atoms. The van der Waals surface area contributed by atoms with Crippen molar-refractivity contribution in [2.45, 2.75) is 18.9 Å². The van der Waals surface area contributed by atoms with E-state index in [1.165, 1.54) is 0 Å². The van der Waals surface area contributed by atoms with Gasteiger partial charge >= 0.3 is 0 Å². The van der Waals surface area contributed by atoms with Crippen molar-refractivity contribution in [3.8, 4) is 0 Å². The van der Waals surface area contributed by atoms with Gasteiger partial charge in [0.05, 0.1) is 12.5 Å². The maximum atomic E-state index is 10.8. The molecule has 2 saturated heterocycles. The van der Waals surface area contributed by atoms with Crippen molar-refractivity contribution in [1.29, 1.82) is 0 Å². The van der Waals surface area contributed by atoms with Crippen molar-refractivity contribution in [2.75, 3.05) is 6.54 Å². The Morgan fingerprint density at radius 2 is 2.22 bits per heavy atom. The molecular weight excluding hydrogens is 118 g/mol. The standard InChI is InChI=1S/C6H7NO2/c8-5-3-6(9)7-2-1-4(5)7/h4H,1-3H2. The van der Waals surface area contributed by atoms with E-state index in [2.05, 4.69) is 0 Å². The monoisotopic (exact) mass is 125 g/mol. The second kappa shape index (κ2) is 1.35. The number of fused-ring (bicyclic) bond motifs is 1. The number of nitrogens with zero attached hydrogens (tertiary/aromatic N) is 1. The first-order valence-electron chi connectivity index (χ1n) is 3.11. The number of carbonyl (C=O) groups is 2. The van der Waals surface area contributed by atoms with Crippen LogP contribution in [0.1, 0.15) is 12.8 Å². The van der Waals surface area contributed by atoms with E-state index in [1.807, 2.05) is 0 Å². The van der Waals surface area contributed by atoms with Gasteiger partial charge in [-0.05, 0) is 6.42 Å². The van der Waals surface area contributed by atoms with Gasteiger partial charge in [0, 0.05) is 6.54 Å². The first kappa shape index (κ1) is 4.97. The largest absolute Gasteiger partial charge is 0.332 e. The molecule has 2 heterocycles. The lowest BCUT2D eigenvalue weighted by Gasteiger charge is -2.32. The Kier molecular flexibility index (Phi) is 0.743. The molecule has 1 unspecified atom stereocenters. The predicted molar refractivity (Wildman–Crippen MR) is 29.7 cm³/mol. The van der Waals surface area contributed by atoms with E-state index in [-0.39, 0.29) is 24.2 Å². The molecule has 0 aromatic heterocycles. The van der Waals surface area contributed by atoms with Crippen LogP contribution in [-0.4, -0.2) is 29.2 Å². The van der Waals surface area contributed by atoms with Crippen LogP contribution in [0.5, 0.6) is 0 Å². The molecule has 48 valence electrons. The van der Waals surface area contributed by atoms with Crippen LogP contribution in [-0.2, 0) is 9.59 Å². The van der Waals surface area contributed by atoms with Crippen molar-refractivity contribution >= 4 is 11.7 Å². The summed E-state index contributed by atoms with van der Waals surface area (Å²) in [6, 6.07) is -0.0162. The summed E-state index contributed by atoms with van der Waals surface area (Å²) >= 11 is 0. The van der Waals surface area contributed by atoms with Crippen LogP contribution >= 0.6 is 0 Å². The van der Waals surface area contributed by atoms with Crippen molar-refractivity contribution in [3.05, 3.63) is 0 Å². The van der Waals surface area contributed by atoms with Gasteiger partial charge in [-0.1, -0.05) is 0 Å². The number of Topliss-reactive ketones (excluding diaryl/α,β-unsaturated/α-hetero) is 1. The quantitative estimate of drug-likeness (QED) is 0.411. The van der Waals surface area contributed by atoms with Gasteiger partial charge < -0.3 is 4.90 Å². The molecule has 3 heteroatoms. The highest BCUT2D eigenvalue weighted by Gasteiger charge is 2.44. The topological polar surface area (TPSA) is 37.4 Å². The zero-order chi connectivity index (χ0) is 6.43. The zero-order valence-corrected chi connectivity index (χ0v) is 4.96. The Labute approximate surface area is 52.6 Å². The molecule has 3 nitrogen and oxygen atoms in total. The molecular formula is C6H7NO2. The average molecular weight is 125 g/mol. The minimum Gasteiger partial charge on any atom is -0.332 e. The Bertz CT molecular complexity index is 167. The van der Waals surface area contributed by atoms with Crippen LogP contribution in [0.25, 0.3) is 0 Å². The van der Waals surface area contributed by atoms with Gasteiger partial charge in [0.25, 0.3) is 0 Å². The number of rotatable bonds is 0. The van der Waals surface area contributed by atoms with Gasteiger partial charge in [-0.3, -0.25) is 9.59 Å². The first-order valence-corrected chi connectivity index (χ1v) is 3.11. The van der Waals surface area contributed by atoms with Crippen LogP contribution in [0.2, 0.25) is 0 Å². The van der Waals surface area contributed by atoms with E-state index in [0.717, 1.165) is 13.0 Å². The van der Waals surface area contributed by atoms with Gasteiger partial charge in [-0.2, -0.15) is 0 Å². The second-order valence-corrected chi connectivity index (χ2v) is 2.53. The predicted octanol–water partition coefficient (Wildman–Crippen LogP) is -0.440. The van der Waals surface area contributed by atoms with Crippen LogP contribution in [0.15, 0.2) is 0 Å². The molecule has 0 aliphatic carbocycles. The summed E-state index contributed by atoms with van der Waals surface area (Å²) in [6.07, 6.45) is 1.05. The van der Waals surface area contributed by atoms with Gasteiger partial charge in [-0.25, -0.2) is 0 Å². The Morgan fingerprint density at radius 3 is 2.44 bits per heavy atom. The summed E-state index contributed by atoms with van der Waals surface area (Å²) in [5, 5.41) is 0. The van der Waals surface area contributed by atoms with Crippen molar-refractivity contribution in [2.24, 2.45) is 0 Å². The van der Waals surface area contributed by atoms with E-state index in [9.17, 15) is 9.59 Å². The highest BCUT2D eigenvalue weighted by Crippen LogP contribution is 2.26. The lowest BCUT2D eigenvalue weighted by Crippen LogP contribution is -2.47. The third kappa shape index (κ3) is 0.465. The van der Waals surface area contributed by atoms with Gasteiger partial charge in [-0.15, -0.1) is 0 Å². The fraction of sp³-hybridized carbons (Fsp3) is 0.667. The maximum absolute atomic E-state index is 10.8. The molecule has 2 aliphatic rings. The Morgan fingerprint density at radius 1 is 1.44 bits per heavy atom. The van der Waals surface area contributed by atoms with Crippen LogP contribution in [0.3, 0.4) is 0 Å². The van der Waals surface area contributed by atoms with Crippen LogP contribution in [0, 0.1) is 0 Å². The van der Waals surface area contributed by atoms with Crippen molar-refractivity contribution in [1.82, 2.24) is 4.90 Å². The zero-order valence-electron chi connectivity index (χ0n) is 4.96. The van der Waals surface area contributed by atoms with Crippen molar-refractivity contribution in [3.63, 3.8) is 0 Å². The van der Waals surface area contributed by atoms with E-state index >= 15 is 0 Å². The fourth-order valence-corrected chi connectivity index (χ4v) is 1.39. The number of hydrogen-bond donors (Lipinski definition) is 0. The third-order valence-corrected chi connectivity index (χ3v) is 2.04. The highest BCUT2D eigenvalue weighted by molar-refractivity contribution is 6.08. The molecule has 1 amide bonds. The average Bonchev–Trinajstić information content (AvgIpc) is 1.73. The molecule has 2 aliphatic heterocycles. The fourth-order valence-electron chi connectivity index (χ4n) is 1.39. The molecule has 0 bridgehead atoms. The van der Waals surface area contributed by atoms with Crippen LogP contribution < -0.4 is 0 Å². The summed E-state index contributed by atoms with van der Waals surface area (Å²) in [5.41, 5.74) is 0. The molecule has 2 rings (SSSR count). The molecule has 0 aromatic carbocycles. The molecule has 2 fully saturated rings. The van der Waals surface area contributed by atoms with Gasteiger partial charge in [0.15, 0.2) is 5.78 Å². The summed E-state index contributed by atoms with van der Waals surface area (Å²) in [5.74, 6) is 0.141. The number of hydrogen-bond acceptors (Lipinski definition) is 2. The summed E-state index contributed by atoms with van der Waals surface area (Å²) in [7, 11) is 0. The second-order valence-electron chi connectivity index (χ2n) is 2.53.